The van der Waals surface area contributed by atoms with Crippen LogP contribution >= 0.6 is 0 Å². The van der Waals surface area contributed by atoms with E-state index >= 15 is 0 Å². The van der Waals surface area contributed by atoms with E-state index in [0.717, 1.165) is 11.3 Å². The van der Waals surface area contributed by atoms with E-state index in [9.17, 15) is 14.7 Å². The summed E-state index contributed by atoms with van der Waals surface area (Å²) >= 11 is 0. The predicted octanol–water partition coefficient (Wildman–Crippen LogP) is 3.13. The Morgan fingerprint density at radius 1 is 1.03 bits per heavy atom. The zero-order valence-corrected chi connectivity index (χ0v) is 17.3. The minimum atomic E-state index is -1.17. The maximum Gasteiger partial charge on any atom is 0.331 e. The maximum absolute atomic E-state index is 12.6. The third kappa shape index (κ3) is 7.23. The Labute approximate surface area is 171 Å². The first-order chi connectivity index (χ1) is 13.7. The number of benzene rings is 2. The summed E-state index contributed by atoms with van der Waals surface area (Å²) in [7, 11) is 1.60. The number of nitrogens with one attached hydrogen (secondary N) is 1. The number of hydrogen-bond acceptors (Lipinski definition) is 5. The Hall–Kier alpha value is -2.86. The smallest absolute Gasteiger partial charge is 0.331 e. The molecule has 2 N–H and O–H groups in total. The number of rotatable bonds is 8. The van der Waals surface area contributed by atoms with E-state index in [1.807, 2.05) is 24.3 Å². The second-order valence-corrected chi connectivity index (χ2v) is 7.80. The molecular formula is C23H29NO5. The topological polar surface area (TPSA) is 84.9 Å². The lowest BCUT2D eigenvalue weighted by Crippen LogP contribution is -2.51. The van der Waals surface area contributed by atoms with Gasteiger partial charge in [0.05, 0.1) is 13.2 Å². The molecule has 156 valence electrons. The molecule has 1 amide bonds. The van der Waals surface area contributed by atoms with Crippen molar-refractivity contribution >= 4 is 11.9 Å². The van der Waals surface area contributed by atoms with Crippen molar-refractivity contribution in [1.82, 2.24) is 5.32 Å². The number of hydrogen-bond donors (Lipinski definition) is 2. The van der Waals surface area contributed by atoms with Crippen LogP contribution in [0.3, 0.4) is 0 Å². The lowest BCUT2D eigenvalue weighted by Gasteiger charge is -2.27. The second kappa shape index (κ2) is 10.1. The number of carbonyl (C=O) groups is 2. The average molecular weight is 399 g/mol. The zero-order chi connectivity index (χ0) is 21.4. The van der Waals surface area contributed by atoms with Crippen LogP contribution in [0.25, 0.3) is 0 Å². The van der Waals surface area contributed by atoms with E-state index in [1.165, 1.54) is 0 Å². The molecule has 0 bridgehead atoms. The summed E-state index contributed by atoms with van der Waals surface area (Å²) in [6, 6.07) is 14.9. The molecule has 6 heteroatoms. The van der Waals surface area contributed by atoms with Gasteiger partial charge in [-0.25, -0.2) is 4.79 Å². The molecule has 29 heavy (non-hydrogen) atoms. The molecule has 2 rings (SSSR count). The molecule has 0 aliphatic heterocycles. The van der Waals surface area contributed by atoms with Gasteiger partial charge in [-0.3, -0.25) is 4.79 Å². The Morgan fingerprint density at radius 3 is 2.21 bits per heavy atom. The van der Waals surface area contributed by atoms with Crippen molar-refractivity contribution in [2.75, 3.05) is 7.11 Å². The fraction of sp³-hybridized carbons (Fsp3) is 0.391. The molecule has 0 spiro atoms. The highest BCUT2D eigenvalue weighted by molar-refractivity contribution is 5.96. The van der Waals surface area contributed by atoms with Crippen LogP contribution < -0.4 is 10.1 Å². The Kier molecular flexibility index (Phi) is 7.79. The van der Waals surface area contributed by atoms with Crippen LogP contribution in [-0.4, -0.2) is 41.8 Å². The first-order valence-corrected chi connectivity index (χ1v) is 9.59. The van der Waals surface area contributed by atoms with Crippen molar-refractivity contribution < 1.29 is 24.2 Å². The average Bonchev–Trinajstić information content (AvgIpc) is 2.69. The van der Waals surface area contributed by atoms with Crippen LogP contribution in [0.15, 0.2) is 54.6 Å². The van der Waals surface area contributed by atoms with Crippen molar-refractivity contribution in [3.63, 3.8) is 0 Å². The lowest BCUT2D eigenvalue weighted by molar-refractivity contribution is -0.160. The summed E-state index contributed by atoms with van der Waals surface area (Å²) in [4.78, 5) is 25.2. The van der Waals surface area contributed by atoms with Gasteiger partial charge in [0, 0.05) is 5.56 Å². The van der Waals surface area contributed by atoms with Gasteiger partial charge < -0.3 is 19.9 Å². The van der Waals surface area contributed by atoms with Gasteiger partial charge in [-0.1, -0.05) is 30.3 Å². The van der Waals surface area contributed by atoms with E-state index in [0.29, 0.717) is 12.0 Å². The number of amides is 1. The van der Waals surface area contributed by atoms with Crippen molar-refractivity contribution in [2.45, 2.75) is 51.4 Å². The molecule has 2 aromatic carbocycles. The number of methoxy groups -OCH3 is 1. The number of ether oxygens (including phenoxy) is 2. The summed E-state index contributed by atoms with van der Waals surface area (Å²) in [6.07, 6.45) is -0.281. The van der Waals surface area contributed by atoms with Crippen molar-refractivity contribution in [2.24, 2.45) is 0 Å². The third-order valence-electron chi connectivity index (χ3n) is 4.26. The molecule has 0 aliphatic carbocycles. The van der Waals surface area contributed by atoms with Crippen LogP contribution in [-0.2, 0) is 16.0 Å². The predicted molar refractivity (Wildman–Crippen MR) is 111 cm³/mol. The largest absolute Gasteiger partial charge is 0.497 e. The molecule has 0 heterocycles. The van der Waals surface area contributed by atoms with Gasteiger partial charge in [0.1, 0.15) is 11.4 Å². The zero-order valence-electron chi connectivity index (χ0n) is 17.3. The summed E-state index contributed by atoms with van der Waals surface area (Å²) in [5, 5.41) is 13.3. The highest BCUT2D eigenvalue weighted by atomic mass is 16.6. The third-order valence-corrected chi connectivity index (χ3v) is 4.26. The Bertz CT molecular complexity index is 796. The Morgan fingerprint density at radius 2 is 1.66 bits per heavy atom. The summed E-state index contributed by atoms with van der Waals surface area (Å²) in [6.45, 7) is 5.22. The molecule has 0 saturated carbocycles. The van der Waals surface area contributed by atoms with E-state index in [4.69, 9.17) is 9.47 Å². The minimum Gasteiger partial charge on any atom is -0.497 e. The highest BCUT2D eigenvalue weighted by Crippen LogP contribution is 2.16. The van der Waals surface area contributed by atoms with Gasteiger partial charge in [-0.15, -0.1) is 0 Å². The molecule has 0 aliphatic rings. The first kappa shape index (κ1) is 22.4. The molecule has 0 unspecified atom stereocenters. The van der Waals surface area contributed by atoms with Crippen LogP contribution in [0.2, 0.25) is 0 Å². The van der Waals surface area contributed by atoms with Crippen LogP contribution in [0.4, 0.5) is 0 Å². The number of carbonyl (C=O) groups excluding carboxylic acids is 2. The second-order valence-electron chi connectivity index (χ2n) is 7.80. The monoisotopic (exact) mass is 399 g/mol. The first-order valence-electron chi connectivity index (χ1n) is 9.59. The molecule has 0 aromatic heterocycles. The van der Waals surface area contributed by atoms with E-state index < -0.39 is 29.6 Å². The standard InChI is InChI=1S/C23H29NO5/c1-23(2,3)29-22(27)20(24-21(26)17-8-6-5-7-9-17)19(25)15-12-16-10-13-18(28-4)14-11-16/h5-11,13-14,19-20,25H,12,15H2,1-4H3,(H,24,26)/t19-,20-/m0/s1. The van der Waals surface area contributed by atoms with Gasteiger partial charge in [-0.2, -0.15) is 0 Å². The molecule has 2 atom stereocenters. The van der Waals surface area contributed by atoms with E-state index in [-0.39, 0.29) is 6.42 Å². The molecule has 6 nitrogen and oxygen atoms in total. The van der Waals surface area contributed by atoms with Crippen molar-refractivity contribution in [3.8, 4) is 5.75 Å². The molecule has 0 saturated heterocycles. The molecule has 2 aromatic rings. The summed E-state index contributed by atoms with van der Waals surface area (Å²) < 4.78 is 10.5. The van der Waals surface area contributed by atoms with Gasteiger partial charge in [0.15, 0.2) is 6.04 Å². The van der Waals surface area contributed by atoms with Gasteiger partial charge in [-0.05, 0) is 63.4 Å². The van der Waals surface area contributed by atoms with E-state index in [2.05, 4.69) is 5.32 Å². The fourth-order valence-corrected chi connectivity index (χ4v) is 2.76. The molecule has 0 radical (unpaired) electrons. The van der Waals surface area contributed by atoms with Crippen LogP contribution in [0, 0.1) is 0 Å². The van der Waals surface area contributed by atoms with Crippen LogP contribution in [0.1, 0.15) is 43.1 Å². The number of aliphatic hydroxyl groups is 1. The SMILES string of the molecule is COc1ccc(CC[C@H](O)[C@H](NC(=O)c2ccccc2)C(=O)OC(C)(C)C)cc1. The Balaban J connectivity index is 2.09. The summed E-state index contributed by atoms with van der Waals surface area (Å²) in [5.41, 5.74) is 0.660. The van der Waals surface area contributed by atoms with Gasteiger partial charge in [0.2, 0.25) is 0 Å². The highest BCUT2D eigenvalue weighted by Gasteiger charge is 2.32. The number of esters is 1. The fourth-order valence-electron chi connectivity index (χ4n) is 2.76. The molecule has 0 fully saturated rings. The minimum absolute atomic E-state index is 0.283. The molecular weight excluding hydrogens is 370 g/mol. The van der Waals surface area contributed by atoms with Gasteiger partial charge in [0.25, 0.3) is 5.91 Å². The normalized spacial score (nSPS) is 13.3. The van der Waals surface area contributed by atoms with Gasteiger partial charge >= 0.3 is 5.97 Å². The summed E-state index contributed by atoms with van der Waals surface area (Å²) in [5.74, 6) is -0.356. The number of aliphatic hydroxyl groups excluding tert-OH is 1. The van der Waals surface area contributed by atoms with E-state index in [1.54, 1.807) is 58.2 Å². The van der Waals surface area contributed by atoms with Crippen molar-refractivity contribution in [3.05, 3.63) is 65.7 Å². The lowest BCUT2D eigenvalue weighted by atomic mass is 10.0. The van der Waals surface area contributed by atoms with Crippen LogP contribution in [0.5, 0.6) is 5.75 Å². The number of aryl methyl sites for hydroxylation is 1. The maximum atomic E-state index is 12.6. The van der Waals surface area contributed by atoms with Crippen molar-refractivity contribution in [1.29, 1.82) is 0 Å². The quantitative estimate of drug-likeness (QED) is 0.666.